The molecule has 0 aromatic heterocycles. The van der Waals surface area contributed by atoms with E-state index in [9.17, 15) is 19.2 Å². The van der Waals surface area contributed by atoms with Crippen LogP contribution in [-0.2, 0) is 19.1 Å². The minimum atomic E-state index is -0.703. The van der Waals surface area contributed by atoms with Gasteiger partial charge in [0.15, 0.2) is 6.61 Å². The summed E-state index contributed by atoms with van der Waals surface area (Å²) in [6, 6.07) is 13.5. The molecule has 1 aliphatic heterocycles. The Balaban J connectivity index is 1.45. The second kappa shape index (κ2) is 9.41. The minimum absolute atomic E-state index is 0.0156. The van der Waals surface area contributed by atoms with Gasteiger partial charge in [-0.15, -0.1) is 0 Å². The highest BCUT2D eigenvalue weighted by atomic mass is 35.5. The number of carbonyl (C=O) groups is 4. The maximum atomic E-state index is 12.3. The van der Waals surface area contributed by atoms with Gasteiger partial charge in [-0.1, -0.05) is 23.7 Å². The zero-order valence-electron chi connectivity index (χ0n) is 16.2. The standard InChI is InChI=1S/C21H20ClN3O5/c1-13-3-2-4-17(9-13)25-11-15(10-19(25)27)21(29)30-12-18(26)23-24-20(28)14-5-7-16(22)8-6-14/h2-9,15H,10-12H2,1H3,(H,23,26)(H,24,28)/t15-/m0/s1. The SMILES string of the molecule is Cc1cccc(N2C[C@@H](C(=O)OCC(=O)NNC(=O)c3ccc(Cl)cc3)CC2=O)c1. The van der Waals surface area contributed by atoms with Crippen LogP contribution in [0.5, 0.6) is 0 Å². The van der Waals surface area contributed by atoms with Crippen LogP contribution in [0.3, 0.4) is 0 Å². The number of anilines is 1. The van der Waals surface area contributed by atoms with Crippen molar-refractivity contribution in [1.82, 2.24) is 10.9 Å². The Morgan fingerprint density at radius 2 is 1.87 bits per heavy atom. The number of aryl methyl sites for hydroxylation is 1. The Bertz CT molecular complexity index is 977. The predicted octanol–water partition coefficient (Wildman–Crippen LogP) is 2.01. The fraction of sp³-hybridized carbons (Fsp3) is 0.238. The van der Waals surface area contributed by atoms with Crippen LogP contribution in [0.25, 0.3) is 0 Å². The summed E-state index contributed by atoms with van der Waals surface area (Å²) in [4.78, 5) is 49.8. The smallest absolute Gasteiger partial charge is 0.311 e. The number of hydrogen-bond acceptors (Lipinski definition) is 5. The molecule has 0 bridgehead atoms. The molecule has 156 valence electrons. The Hall–Kier alpha value is -3.39. The van der Waals surface area contributed by atoms with E-state index in [1.807, 2.05) is 25.1 Å². The highest BCUT2D eigenvalue weighted by molar-refractivity contribution is 6.30. The van der Waals surface area contributed by atoms with Crippen molar-refractivity contribution < 1.29 is 23.9 Å². The molecule has 2 aromatic rings. The van der Waals surface area contributed by atoms with E-state index in [4.69, 9.17) is 16.3 Å². The summed E-state index contributed by atoms with van der Waals surface area (Å²) in [5.41, 5.74) is 6.41. The van der Waals surface area contributed by atoms with Gasteiger partial charge >= 0.3 is 5.97 Å². The lowest BCUT2D eigenvalue weighted by atomic mass is 10.1. The maximum absolute atomic E-state index is 12.3. The average molecular weight is 430 g/mol. The van der Waals surface area contributed by atoms with E-state index < -0.39 is 30.3 Å². The molecule has 3 rings (SSSR count). The summed E-state index contributed by atoms with van der Waals surface area (Å²) < 4.78 is 5.00. The monoisotopic (exact) mass is 429 g/mol. The van der Waals surface area contributed by atoms with Crippen LogP contribution >= 0.6 is 11.6 Å². The van der Waals surface area contributed by atoms with Crippen molar-refractivity contribution in [2.75, 3.05) is 18.1 Å². The zero-order chi connectivity index (χ0) is 21.7. The highest BCUT2D eigenvalue weighted by Crippen LogP contribution is 2.26. The Labute approximate surface area is 178 Å². The molecule has 0 spiro atoms. The summed E-state index contributed by atoms with van der Waals surface area (Å²) in [6.45, 7) is 1.53. The van der Waals surface area contributed by atoms with Gasteiger partial charge in [-0.2, -0.15) is 0 Å². The van der Waals surface area contributed by atoms with Crippen molar-refractivity contribution in [3.05, 3.63) is 64.7 Å². The molecule has 1 aliphatic rings. The topological polar surface area (TPSA) is 105 Å². The van der Waals surface area contributed by atoms with Crippen LogP contribution in [-0.4, -0.2) is 36.8 Å². The number of benzene rings is 2. The number of halogens is 1. The third-order valence-corrected chi connectivity index (χ3v) is 4.79. The zero-order valence-corrected chi connectivity index (χ0v) is 16.9. The quantitative estimate of drug-likeness (QED) is 0.558. The van der Waals surface area contributed by atoms with Gasteiger partial charge in [0.25, 0.3) is 11.8 Å². The number of nitrogens with one attached hydrogen (secondary N) is 2. The van der Waals surface area contributed by atoms with Crippen LogP contribution in [0, 0.1) is 12.8 Å². The molecule has 2 N–H and O–H groups in total. The minimum Gasteiger partial charge on any atom is -0.455 e. The molecule has 0 unspecified atom stereocenters. The van der Waals surface area contributed by atoms with E-state index in [1.165, 1.54) is 17.0 Å². The van der Waals surface area contributed by atoms with Crippen molar-refractivity contribution in [2.45, 2.75) is 13.3 Å². The Morgan fingerprint density at radius 1 is 1.13 bits per heavy atom. The van der Waals surface area contributed by atoms with E-state index in [0.29, 0.717) is 10.6 Å². The molecule has 1 atom stereocenters. The third-order valence-electron chi connectivity index (χ3n) is 4.54. The normalized spacial score (nSPS) is 15.6. The van der Waals surface area contributed by atoms with Crippen LogP contribution in [0.4, 0.5) is 5.69 Å². The van der Waals surface area contributed by atoms with Crippen molar-refractivity contribution in [3.8, 4) is 0 Å². The molecule has 0 radical (unpaired) electrons. The van der Waals surface area contributed by atoms with E-state index in [1.54, 1.807) is 18.2 Å². The van der Waals surface area contributed by atoms with Crippen LogP contribution < -0.4 is 15.8 Å². The molecule has 1 fully saturated rings. The summed E-state index contributed by atoms with van der Waals surface area (Å²) in [5, 5.41) is 0.480. The van der Waals surface area contributed by atoms with Gasteiger partial charge in [0, 0.05) is 29.2 Å². The van der Waals surface area contributed by atoms with Crippen molar-refractivity contribution in [2.24, 2.45) is 5.92 Å². The molecule has 1 heterocycles. The number of ether oxygens (including phenoxy) is 1. The van der Waals surface area contributed by atoms with Gasteiger partial charge in [0.1, 0.15) is 0 Å². The molecule has 8 nitrogen and oxygen atoms in total. The van der Waals surface area contributed by atoms with Gasteiger partial charge in [-0.05, 0) is 48.9 Å². The number of rotatable bonds is 5. The predicted molar refractivity (Wildman–Crippen MR) is 110 cm³/mol. The molecule has 1 saturated heterocycles. The van der Waals surface area contributed by atoms with Gasteiger partial charge in [0.05, 0.1) is 5.92 Å². The van der Waals surface area contributed by atoms with Crippen LogP contribution in [0.2, 0.25) is 5.02 Å². The lowest BCUT2D eigenvalue weighted by molar-refractivity contribution is -0.152. The number of carbonyl (C=O) groups excluding carboxylic acids is 4. The van der Waals surface area contributed by atoms with E-state index in [2.05, 4.69) is 10.9 Å². The molecule has 0 saturated carbocycles. The van der Waals surface area contributed by atoms with E-state index in [-0.39, 0.29) is 18.9 Å². The second-order valence-electron chi connectivity index (χ2n) is 6.86. The summed E-state index contributed by atoms with van der Waals surface area (Å²) in [7, 11) is 0. The highest BCUT2D eigenvalue weighted by Gasteiger charge is 2.36. The van der Waals surface area contributed by atoms with E-state index >= 15 is 0 Å². The van der Waals surface area contributed by atoms with Crippen LogP contribution in [0.15, 0.2) is 48.5 Å². The third kappa shape index (κ3) is 5.36. The van der Waals surface area contributed by atoms with Crippen molar-refractivity contribution in [1.29, 1.82) is 0 Å². The molecular formula is C21H20ClN3O5. The number of esters is 1. The first-order chi connectivity index (χ1) is 14.3. The molecular weight excluding hydrogens is 410 g/mol. The van der Waals surface area contributed by atoms with Crippen molar-refractivity contribution in [3.63, 3.8) is 0 Å². The molecule has 30 heavy (non-hydrogen) atoms. The van der Waals surface area contributed by atoms with Crippen molar-refractivity contribution >= 4 is 41.0 Å². The number of hydrogen-bond donors (Lipinski definition) is 2. The first kappa shape index (κ1) is 21.3. The van der Waals surface area contributed by atoms with Crippen LogP contribution in [0.1, 0.15) is 22.3 Å². The molecule has 0 aliphatic carbocycles. The fourth-order valence-corrected chi connectivity index (χ4v) is 3.13. The second-order valence-corrected chi connectivity index (χ2v) is 7.30. The Morgan fingerprint density at radius 3 is 2.57 bits per heavy atom. The first-order valence-corrected chi connectivity index (χ1v) is 9.59. The van der Waals surface area contributed by atoms with Gasteiger partial charge in [-0.3, -0.25) is 30.0 Å². The fourth-order valence-electron chi connectivity index (χ4n) is 3.00. The molecule has 9 heteroatoms. The Kier molecular flexibility index (Phi) is 6.68. The molecule has 3 amide bonds. The summed E-state index contributed by atoms with van der Waals surface area (Å²) >= 11 is 5.75. The summed E-state index contributed by atoms with van der Waals surface area (Å²) in [6.07, 6.45) is 0.0156. The lowest BCUT2D eigenvalue weighted by Crippen LogP contribution is -2.43. The van der Waals surface area contributed by atoms with Gasteiger partial charge in [0.2, 0.25) is 5.91 Å². The molecule has 2 aromatic carbocycles. The lowest BCUT2D eigenvalue weighted by Gasteiger charge is -2.17. The summed E-state index contributed by atoms with van der Waals surface area (Å²) in [5.74, 6) is -2.72. The van der Waals surface area contributed by atoms with E-state index in [0.717, 1.165) is 11.3 Å². The first-order valence-electron chi connectivity index (χ1n) is 9.22. The number of hydrazine groups is 1. The number of amides is 3. The maximum Gasteiger partial charge on any atom is 0.311 e. The number of nitrogens with zero attached hydrogens (tertiary/aromatic N) is 1. The largest absolute Gasteiger partial charge is 0.455 e. The van der Waals surface area contributed by atoms with Gasteiger partial charge in [-0.25, -0.2) is 0 Å². The average Bonchev–Trinajstić information content (AvgIpc) is 3.12. The van der Waals surface area contributed by atoms with Gasteiger partial charge < -0.3 is 9.64 Å².